The average molecular weight is 146 g/mol. The van der Waals surface area contributed by atoms with Gasteiger partial charge in [-0.15, -0.1) is 0 Å². The highest BCUT2D eigenvalue weighted by Gasteiger charge is 2.21. The molecular weight excluding hydrogens is 136 g/mol. The molecule has 1 atom stereocenters. The van der Waals surface area contributed by atoms with E-state index < -0.39 is 0 Å². The molecule has 0 aliphatic carbocycles. The lowest BCUT2D eigenvalue weighted by Gasteiger charge is -1.90. The third-order valence-electron chi connectivity index (χ3n) is 0.802. The van der Waals surface area contributed by atoms with Gasteiger partial charge in [0.05, 0.1) is 12.9 Å². The van der Waals surface area contributed by atoms with E-state index >= 15 is 0 Å². The zero-order chi connectivity index (χ0) is 7.82. The van der Waals surface area contributed by atoms with Crippen molar-refractivity contribution >= 4 is 6.47 Å². The second-order valence-electron chi connectivity index (χ2n) is 1.56. The van der Waals surface area contributed by atoms with Crippen LogP contribution >= 0.6 is 0 Å². The molecule has 1 aliphatic heterocycles. The van der Waals surface area contributed by atoms with Crippen LogP contribution in [0, 0.1) is 0 Å². The number of ether oxygens (including phenoxy) is 2. The van der Waals surface area contributed by atoms with E-state index in [1.165, 1.54) is 6.26 Å². The monoisotopic (exact) mass is 146 g/mol. The summed E-state index contributed by atoms with van der Waals surface area (Å²) in [6, 6.07) is 0. The largest absolute Gasteiger partial charge is 0.499 e. The number of hydrogen-bond acceptors (Lipinski definition) is 3. The maximum Gasteiger partial charge on any atom is 0.290 e. The Labute approximate surface area is 59.1 Å². The van der Waals surface area contributed by atoms with Crippen molar-refractivity contribution in [3.8, 4) is 0 Å². The second kappa shape index (κ2) is 6.10. The summed E-state index contributed by atoms with van der Waals surface area (Å²) in [5, 5.41) is 6.89. The van der Waals surface area contributed by atoms with Gasteiger partial charge in [0.25, 0.3) is 6.47 Å². The lowest BCUT2D eigenvalue weighted by atomic mass is 10.5. The molecule has 1 unspecified atom stereocenters. The van der Waals surface area contributed by atoms with Crippen LogP contribution in [-0.2, 0) is 14.3 Å². The van der Waals surface area contributed by atoms with Crippen LogP contribution in [0.2, 0.25) is 0 Å². The molecule has 4 heteroatoms. The summed E-state index contributed by atoms with van der Waals surface area (Å²) in [5.41, 5.74) is 0. The Balaban J connectivity index is 0.000000236. The molecule has 58 valence electrons. The molecule has 0 amide bonds. The molecule has 0 radical (unpaired) electrons. The lowest BCUT2D eigenvalue weighted by Crippen LogP contribution is -1.94. The molecule has 0 aromatic carbocycles. The Hall–Kier alpha value is -1.03. The minimum atomic E-state index is -0.250. The first kappa shape index (κ1) is 8.97. The van der Waals surface area contributed by atoms with Crippen LogP contribution in [0.15, 0.2) is 12.8 Å². The smallest absolute Gasteiger partial charge is 0.290 e. The molecule has 1 rings (SSSR count). The van der Waals surface area contributed by atoms with Crippen molar-refractivity contribution in [3.63, 3.8) is 0 Å². The van der Waals surface area contributed by atoms with Gasteiger partial charge >= 0.3 is 0 Å². The molecule has 0 bridgehead atoms. The third kappa shape index (κ3) is 6.97. The molecule has 0 saturated carbocycles. The van der Waals surface area contributed by atoms with Gasteiger partial charge in [-0.3, -0.25) is 4.79 Å². The van der Waals surface area contributed by atoms with Gasteiger partial charge in [0, 0.05) is 0 Å². The van der Waals surface area contributed by atoms with E-state index in [4.69, 9.17) is 19.4 Å². The van der Waals surface area contributed by atoms with E-state index in [2.05, 4.69) is 6.58 Å². The Morgan fingerprint density at radius 1 is 1.90 bits per heavy atom. The maximum absolute atomic E-state index is 8.36. The van der Waals surface area contributed by atoms with E-state index in [0.29, 0.717) is 12.7 Å². The minimum Gasteiger partial charge on any atom is -0.499 e. The number of epoxide rings is 1. The van der Waals surface area contributed by atoms with Gasteiger partial charge in [-0.05, 0) is 0 Å². The zero-order valence-corrected chi connectivity index (χ0v) is 5.53. The molecule has 1 aliphatic rings. The van der Waals surface area contributed by atoms with Crippen molar-refractivity contribution in [2.45, 2.75) is 6.10 Å². The number of hydrogen-bond donors (Lipinski definition) is 1. The average Bonchev–Trinajstić information content (AvgIpc) is 2.68. The number of rotatable bonds is 3. The van der Waals surface area contributed by atoms with Gasteiger partial charge in [0.2, 0.25) is 0 Å². The fourth-order valence-corrected chi connectivity index (χ4v) is 0.340. The van der Waals surface area contributed by atoms with Crippen molar-refractivity contribution in [2.75, 3.05) is 13.2 Å². The Morgan fingerprint density at radius 2 is 2.40 bits per heavy atom. The van der Waals surface area contributed by atoms with Crippen molar-refractivity contribution < 1.29 is 19.4 Å². The molecule has 0 aromatic heterocycles. The lowest BCUT2D eigenvalue weighted by molar-refractivity contribution is -0.122. The Morgan fingerprint density at radius 3 is 2.70 bits per heavy atom. The third-order valence-corrected chi connectivity index (χ3v) is 0.802. The van der Waals surface area contributed by atoms with Crippen LogP contribution < -0.4 is 0 Å². The fourth-order valence-electron chi connectivity index (χ4n) is 0.340. The van der Waals surface area contributed by atoms with Gasteiger partial charge in [0.1, 0.15) is 12.7 Å². The standard InChI is InChI=1S/C5H8O2.CH2O2/c1-2-6-3-5-4-7-5;2-1-3/h2,5H,1,3-4H2;1H,(H,2,3). The van der Waals surface area contributed by atoms with E-state index in [1.807, 2.05) is 0 Å². The predicted octanol–water partition coefficient (Wildman–Crippen LogP) is 0.246. The van der Waals surface area contributed by atoms with Crippen LogP contribution in [0.25, 0.3) is 0 Å². The SMILES string of the molecule is C=COCC1CO1.O=CO. The molecule has 1 saturated heterocycles. The molecule has 4 nitrogen and oxygen atoms in total. The zero-order valence-electron chi connectivity index (χ0n) is 5.53. The van der Waals surface area contributed by atoms with Crippen LogP contribution in [0.5, 0.6) is 0 Å². The highest BCUT2D eigenvalue weighted by Crippen LogP contribution is 2.07. The molecule has 10 heavy (non-hydrogen) atoms. The Kier molecular flexibility index (Phi) is 5.47. The summed E-state index contributed by atoms with van der Waals surface area (Å²) in [6.07, 6.45) is 1.79. The molecular formula is C6H10O4. The molecule has 1 heterocycles. The van der Waals surface area contributed by atoms with Crippen LogP contribution in [0.3, 0.4) is 0 Å². The van der Waals surface area contributed by atoms with Crippen molar-refractivity contribution in [1.29, 1.82) is 0 Å². The predicted molar refractivity (Wildman–Crippen MR) is 34.6 cm³/mol. The first-order valence-electron chi connectivity index (χ1n) is 2.77. The summed E-state index contributed by atoms with van der Waals surface area (Å²) in [6.45, 7) is 4.66. The van der Waals surface area contributed by atoms with Crippen LogP contribution in [0.1, 0.15) is 0 Å². The fraction of sp³-hybridized carbons (Fsp3) is 0.500. The van der Waals surface area contributed by atoms with E-state index in [-0.39, 0.29) is 6.47 Å². The molecule has 0 spiro atoms. The van der Waals surface area contributed by atoms with E-state index in [1.54, 1.807) is 0 Å². The van der Waals surface area contributed by atoms with Gasteiger partial charge in [-0.25, -0.2) is 0 Å². The molecule has 1 N–H and O–H groups in total. The van der Waals surface area contributed by atoms with Gasteiger partial charge < -0.3 is 14.6 Å². The molecule has 1 fully saturated rings. The van der Waals surface area contributed by atoms with Crippen LogP contribution in [-0.4, -0.2) is 30.9 Å². The van der Waals surface area contributed by atoms with Crippen molar-refractivity contribution in [3.05, 3.63) is 12.8 Å². The molecule has 0 aromatic rings. The van der Waals surface area contributed by atoms with Crippen molar-refractivity contribution in [1.82, 2.24) is 0 Å². The van der Waals surface area contributed by atoms with Gasteiger partial charge in [-0.1, -0.05) is 6.58 Å². The van der Waals surface area contributed by atoms with Gasteiger partial charge in [0.15, 0.2) is 0 Å². The summed E-state index contributed by atoms with van der Waals surface area (Å²) in [5.74, 6) is 0. The van der Waals surface area contributed by atoms with Gasteiger partial charge in [-0.2, -0.15) is 0 Å². The van der Waals surface area contributed by atoms with Crippen LogP contribution in [0.4, 0.5) is 0 Å². The second-order valence-corrected chi connectivity index (χ2v) is 1.56. The van der Waals surface area contributed by atoms with E-state index in [9.17, 15) is 0 Å². The normalized spacial score (nSPS) is 19.8. The summed E-state index contributed by atoms with van der Waals surface area (Å²) < 4.78 is 9.63. The quantitative estimate of drug-likeness (QED) is 0.352. The Bertz CT molecular complexity index is 97.9. The first-order chi connectivity index (χ1) is 4.85. The topological polar surface area (TPSA) is 59.1 Å². The summed E-state index contributed by atoms with van der Waals surface area (Å²) in [7, 11) is 0. The number of carbonyl (C=O) groups is 1. The first-order valence-corrected chi connectivity index (χ1v) is 2.77. The summed E-state index contributed by atoms with van der Waals surface area (Å²) in [4.78, 5) is 8.36. The van der Waals surface area contributed by atoms with E-state index in [0.717, 1.165) is 6.61 Å². The minimum absolute atomic E-state index is 0.250. The van der Waals surface area contributed by atoms with Crippen molar-refractivity contribution in [2.24, 2.45) is 0 Å². The highest BCUT2D eigenvalue weighted by molar-refractivity contribution is 5.32. The highest BCUT2D eigenvalue weighted by atomic mass is 16.6. The maximum atomic E-state index is 8.36. The number of carboxylic acid groups (broad SMARTS) is 1. The summed E-state index contributed by atoms with van der Waals surface area (Å²) >= 11 is 0.